The molecule has 0 aliphatic carbocycles. The fourth-order valence-corrected chi connectivity index (χ4v) is 2.97. The molecule has 0 N–H and O–H groups in total. The van der Waals surface area contributed by atoms with Gasteiger partial charge in [-0.1, -0.05) is 0 Å². The molecular formula is C8H17NO3S. The third kappa shape index (κ3) is 2.42. The van der Waals surface area contributed by atoms with E-state index in [2.05, 4.69) is 0 Å². The lowest BCUT2D eigenvalue weighted by Gasteiger charge is -2.42. The van der Waals surface area contributed by atoms with Crippen molar-refractivity contribution in [2.75, 3.05) is 19.4 Å². The molecule has 0 unspecified atom stereocenters. The van der Waals surface area contributed by atoms with E-state index in [1.165, 1.54) is 10.6 Å². The summed E-state index contributed by atoms with van der Waals surface area (Å²) in [5, 5.41) is 0. The van der Waals surface area contributed by atoms with Gasteiger partial charge in [0, 0.05) is 6.54 Å². The van der Waals surface area contributed by atoms with Crippen molar-refractivity contribution in [2.45, 2.75) is 32.4 Å². The molecule has 0 aromatic carbocycles. The molecule has 1 fully saturated rings. The minimum absolute atomic E-state index is 0.0113. The van der Waals surface area contributed by atoms with Crippen molar-refractivity contribution in [2.24, 2.45) is 0 Å². The van der Waals surface area contributed by atoms with Crippen molar-refractivity contribution >= 4 is 10.0 Å². The van der Waals surface area contributed by atoms with Crippen molar-refractivity contribution in [1.29, 1.82) is 0 Å². The molecule has 1 aliphatic rings. The van der Waals surface area contributed by atoms with E-state index < -0.39 is 15.6 Å². The lowest BCUT2D eigenvalue weighted by atomic mass is 10.1. The number of rotatable bonds is 1. The van der Waals surface area contributed by atoms with E-state index in [0.29, 0.717) is 13.2 Å². The van der Waals surface area contributed by atoms with Crippen molar-refractivity contribution in [3.05, 3.63) is 0 Å². The topological polar surface area (TPSA) is 46.6 Å². The Morgan fingerprint density at radius 2 is 2.00 bits per heavy atom. The molecule has 4 nitrogen and oxygen atoms in total. The third-order valence-electron chi connectivity index (χ3n) is 2.22. The lowest BCUT2D eigenvalue weighted by Crippen LogP contribution is -2.57. The van der Waals surface area contributed by atoms with Gasteiger partial charge in [-0.2, -0.15) is 4.31 Å². The molecule has 0 bridgehead atoms. The predicted octanol–water partition coefficient (Wildman–Crippen LogP) is 0.445. The first-order valence-corrected chi connectivity index (χ1v) is 6.18. The Morgan fingerprint density at radius 3 is 2.38 bits per heavy atom. The number of sulfonamides is 1. The van der Waals surface area contributed by atoms with E-state index in [9.17, 15) is 8.42 Å². The summed E-state index contributed by atoms with van der Waals surface area (Å²) in [5.41, 5.74) is -0.417. The van der Waals surface area contributed by atoms with Gasteiger partial charge in [0.25, 0.3) is 0 Å². The van der Waals surface area contributed by atoms with Crippen molar-refractivity contribution in [3.8, 4) is 0 Å². The largest absolute Gasteiger partial charge is 0.375 e. The Labute approximate surface area is 79.9 Å². The van der Waals surface area contributed by atoms with Crippen LogP contribution >= 0.6 is 0 Å². The summed E-state index contributed by atoms with van der Waals surface area (Å²) >= 11 is 0. The van der Waals surface area contributed by atoms with Crippen molar-refractivity contribution in [1.82, 2.24) is 4.31 Å². The average Bonchev–Trinajstić information content (AvgIpc) is 1.92. The molecule has 0 aromatic heterocycles. The van der Waals surface area contributed by atoms with Gasteiger partial charge in [0.15, 0.2) is 0 Å². The first-order valence-electron chi connectivity index (χ1n) is 4.33. The standard InChI is InChI=1S/C8H17NO3S/c1-7-5-9(13(4,10)11)8(2,3)6-12-7/h7H,5-6H2,1-4H3/t7-/m1/s1. The lowest BCUT2D eigenvalue weighted by molar-refractivity contribution is -0.0548. The van der Waals surface area contributed by atoms with E-state index in [1.807, 2.05) is 20.8 Å². The molecular weight excluding hydrogens is 190 g/mol. The highest BCUT2D eigenvalue weighted by Gasteiger charge is 2.38. The van der Waals surface area contributed by atoms with Crippen LogP contribution in [0.15, 0.2) is 0 Å². The van der Waals surface area contributed by atoms with E-state index >= 15 is 0 Å². The summed E-state index contributed by atoms with van der Waals surface area (Å²) in [6, 6.07) is 0. The number of morpholine rings is 1. The minimum atomic E-state index is -3.11. The Morgan fingerprint density at radius 1 is 1.46 bits per heavy atom. The summed E-state index contributed by atoms with van der Waals surface area (Å²) in [4.78, 5) is 0. The van der Waals surface area contributed by atoms with E-state index in [1.54, 1.807) is 0 Å². The highest BCUT2D eigenvalue weighted by molar-refractivity contribution is 7.88. The average molecular weight is 207 g/mol. The normalized spacial score (nSPS) is 30.3. The molecule has 1 saturated heterocycles. The molecule has 78 valence electrons. The number of hydrogen-bond acceptors (Lipinski definition) is 3. The molecule has 1 atom stereocenters. The second-order valence-corrected chi connectivity index (χ2v) is 6.13. The van der Waals surface area contributed by atoms with Gasteiger partial charge in [-0.3, -0.25) is 0 Å². The second-order valence-electron chi connectivity index (χ2n) is 4.23. The van der Waals surface area contributed by atoms with Gasteiger partial charge in [0.05, 0.1) is 24.5 Å². The molecule has 0 radical (unpaired) electrons. The molecule has 1 aliphatic heterocycles. The van der Waals surface area contributed by atoms with E-state index in [4.69, 9.17) is 4.74 Å². The van der Waals surface area contributed by atoms with Gasteiger partial charge in [0.2, 0.25) is 10.0 Å². The van der Waals surface area contributed by atoms with Crippen LogP contribution in [-0.4, -0.2) is 43.8 Å². The van der Waals surface area contributed by atoms with Gasteiger partial charge in [0.1, 0.15) is 0 Å². The molecule has 0 amide bonds. The summed E-state index contributed by atoms with van der Waals surface area (Å²) in [6.07, 6.45) is 1.23. The smallest absolute Gasteiger partial charge is 0.211 e. The van der Waals surface area contributed by atoms with Crippen LogP contribution in [0.5, 0.6) is 0 Å². The zero-order valence-corrected chi connectivity index (χ0v) is 9.39. The SMILES string of the molecule is C[C@@H]1CN(S(C)(=O)=O)C(C)(C)CO1. The molecule has 1 rings (SSSR count). The highest BCUT2D eigenvalue weighted by Crippen LogP contribution is 2.24. The summed E-state index contributed by atoms with van der Waals surface area (Å²) in [5.74, 6) is 0. The Kier molecular flexibility index (Phi) is 2.71. The second kappa shape index (κ2) is 3.22. The van der Waals surface area contributed by atoms with Crippen LogP contribution in [0.25, 0.3) is 0 Å². The highest BCUT2D eigenvalue weighted by atomic mass is 32.2. The van der Waals surface area contributed by atoms with E-state index in [0.717, 1.165) is 0 Å². The van der Waals surface area contributed by atoms with Gasteiger partial charge in [-0.25, -0.2) is 8.42 Å². The van der Waals surface area contributed by atoms with Gasteiger partial charge >= 0.3 is 0 Å². The fourth-order valence-electron chi connectivity index (χ4n) is 1.54. The molecule has 0 saturated carbocycles. The van der Waals surface area contributed by atoms with Crippen LogP contribution in [0.4, 0.5) is 0 Å². The zero-order valence-electron chi connectivity index (χ0n) is 8.57. The molecule has 5 heteroatoms. The Balaban J connectivity index is 2.91. The van der Waals surface area contributed by atoms with Gasteiger partial charge in [-0.05, 0) is 20.8 Å². The maximum Gasteiger partial charge on any atom is 0.211 e. The van der Waals surface area contributed by atoms with Crippen LogP contribution in [0.1, 0.15) is 20.8 Å². The van der Waals surface area contributed by atoms with Crippen LogP contribution in [0, 0.1) is 0 Å². The number of hydrogen-bond donors (Lipinski definition) is 0. The maximum absolute atomic E-state index is 11.4. The van der Waals surface area contributed by atoms with Crippen molar-refractivity contribution in [3.63, 3.8) is 0 Å². The fraction of sp³-hybridized carbons (Fsp3) is 1.00. The van der Waals surface area contributed by atoms with Gasteiger partial charge < -0.3 is 4.74 Å². The molecule has 0 aromatic rings. The Hall–Kier alpha value is -0.130. The summed E-state index contributed by atoms with van der Waals surface area (Å²) in [7, 11) is -3.11. The molecule has 0 spiro atoms. The first kappa shape index (κ1) is 10.9. The van der Waals surface area contributed by atoms with Crippen LogP contribution in [0.3, 0.4) is 0 Å². The Bertz CT molecular complexity index is 284. The summed E-state index contributed by atoms with van der Waals surface area (Å²) in [6.45, 7) is 6.54. The van der Waals surface area contributed by atoms with Crippen LogP contribution in [0.2, 0.25) is 0 Å². The molecule has 1 heterocycles. The quantitative estimate of drug-likeness (QED) is 0.627. The predicted molar refractivity (Wildman–Crippen MR) is 51.0 cm³/mol. The number of ether oxygens (including phenoxy) is 1. The monoisotopic (exact) mass is 207 g/mol. The minimum Gasteiger partial charge on any atom is -0.375 e. The van der Waals surface area contributed by atoms with Crippen LogP contribution < -0.4 is 0 Å². The molecule has 13 heavy (non-hydrogen) atoms. The number of nitrogens with zero attached hydrogens (tertiary/aromatic N) is 1. The van der Waals surface area contributed by atoms with E-state index in [-0.39, 0.29) is 6.10 Å². The van der Waals surface area contributed by atoms with Crippen LogP contribution in [-0.2, 0) is 14.8 Å². The third-order valence-corrected chi connectivity index (χ3v) is 3.66. The van der Waals surface area contributed by atoms with Gasteiger partial charge in [-0.15, -0.1) is 0 Å². The zero-order chi connectivity index (χ0) is 10.3. The first-order chi connectivity index (χ1) is 5.73. The van der Waals surface area contributed by atoms with Crippen molar-refractivity contribution < 1.29 is 13.2 Å². The summed E-state index contributed by atoms with van der Waals surface area (Å²) < 4.78 is 29.8. The maximum atomic E-state index is 11.4.